The van der Waals surface area contributed by atoms with E-state index < -0.39 is 12.0 Å². The van der Waals surface area contributed by atoms with Gasteiger partial charge >= 0.3 is 5.97 Å². The fraction of sp³-hybridized carbons (Fsp3) is 0.250. The summed E-state index contributed by atoms with van der Waals surface area (Å²) in [6.07, 6.45) is 0. The molecule has 0 aliphatic heterocycles. The van der Waals surface area contributed by atoms with Crippen molar-refractivity contribution < 1.29 is 14.3 Å². The summed E-state index contributed by atoms with van der Waals surface area (Å²) < 4.78 is 4.68. The first-order chi connectivity index (χ1) is 10.1. The molecule has 0 aliphatic carbocycles. The van der Waals surface area contributed by atoms with Crippen molar-refractivity contribution in [1.82, 2.24) is 5.32 Å². The largest absolute Gasteiger partial charge is 0.467 e. The van der Waals surface area contributed by atoms with E-state index in [-0.39, 0.29) is 12.5 Å². The summed E-state index contributed by atoms with van der Waals surface area (Å²) in [4.78, 5) is 22.7. The van der Waals surface area contributed by atoms with Gasteiger partial charge in [-0.05, 0) is 22.9 Å². The number of rotatable bonds is 5. The van der Waals surface area contributed by atoms with Crippen LogP contribution in [-0.4, -0.2) is 31.6 Å². The Morgan fingerprint density at radius 1 is 1.14 bits per heavy atom. The monoisotopic (exact) mass is 286 g/mol. The number of benzene rings is 2. The van der Waals surface area contributed by atoms with E-state index in [1.54, 1.807) is 0 Å². The maximum Gasteiger partial charge on any atom is 0.330 e. The van der Waals surface area contributed by atoms with Gasteiger partial charge in [0.25, 0.3) is 0 Å². The van der Waals surface area contributed by atoms with Crippen LogP contribution in [0.15, 0.2) is 42.5 Å². The number of fused-ring (bicyclic) bond motifs is 1. The lowest BCUT2D eigenvalue weighted by Crippen LogP contribution is -2.45. The lowest BCUT2D eigenvalue weighted by Gasteiger charge is -2.17. The van der Waals surface area contributed by atoms with Crippen molar-refractivity contribution in [2.45, 2.75) is 13.0 Å². The number of esters is 1. The van der Waals surface area contributed by atoms with Crippen molar-refractivity contribution in [3.63, 3.8) is 0 Å². The number of carbonyl (C=O) groups excluding carboxylic acids is 2. The third kappa shape index (κ3) is 3.95. The number of ether oxygens (including phenoxy) is 1. The van der Waals surface area contributed by atoms with E-state index in [4.69, 9.17) is 0 Å². The molecular weight excluding hydrogens is 268 g/mol. The summed E-state index contributed by atoms with van der Waals surface area (Å²) >= 11 is 0. The highest BCUT2D eigenvalue weighted by Crippen LogP contribution is 2.18. The molecule has 1 unspecified atom stereocenters. The first-order valence-corrected chi connectivity index (χ1v) is 6.68. The second-order valence-corrected chi connectivity index (χ2v) is 4.72. The summed E-state index contributed by atoms with van der Waals surface area (Å²) in [5, 5.41) is 7.96. The molecule has 21 heavy (non-hydrogen) atoms. The number of carbonyl (C=O) groups is 2. The van der Waals surface area contributed by atoms with Crippen LogP contribution in [0.5, 0.6) is 0 Å². The molecule has 2 rings (SSSR count). The lowest BCUT2D eigenvalue weighted by molar-refractivity contribution is -0.144. The first-order valence-electron chi connectivity index (χ1n) is 6.68. The van der Waals surface area contributed by atoms with Crippen LogP contribution in [0.2, 0.25) is 0 Å². The van der Waals surface area contributed by atoms with E-state index in [2.05, 4.69) is 15.4 Å². The Labute approximate surface area is 123 Å². The van der Waals surface area contributed by atoms with E-state index >= 15 is 0 Å². The van der Waals surface area contributed by atoms with Gasteiger partial charge < -0.3 is 15.4 Å². The summed E-state index contributed by atoms with van der Waals surface area (Å²) in [5.74, 6) is -0.746. The molecule has 0 spiro atoms. The highest BCUT2D eigenvalue weighted by atomic mass is 16.5. The Hall–Kier alpha value is -2.56. The fourth-order valence-electron chi connectivity index (χ4n) is 2.10. The van der Waals surface area contributed by atoms with Crippen LogP contribution in [-0.2, 0) is 14.3 Å². The molecule has 2 aromatic carbocycles. The van der Waals surface area contributed by atoms with Crippen LogP contribution >= 0.6 is 0 Å². The minimum atomic E-state index is -0.709. The van der Waals surface area contributed by atoms with Gasteiger partial charge in [-0.25, -0.2) is 4.79 Å². The highest BCUT2D eigenvalue weighted by molar-refractivity contribution is 5.86. The van der Waals surface area contributed by atoms with Crippen LogP contribution in [0.1, 0.15) is 6.92 Å². The molecule has 2 aromatic rings. The zero-order valence-electron chi connectivity index (χ0n) is 12.1. The summed E-state index contributed by atoms with van der Waals surface area (Å²) in [6.45, 7) is 1.64. The van der Waals surface area contributed by atoms with Crippen molar-refractivity contribution >= 4 is 28.3 Å². The topological polar surface area (TPSA) is 67.4 Å². The zero-order valence-corrected chi connectivity index (χ0v) is 12.1. The fourth-order valence-corrected chi connectivity index (χ4v) is 2.10. The molecule has 0 heterocycles. The number of hydrogen-bond donors (Lipinski definition) is 2. The second-order valence-electron chi connectivity index (χ2n) is 4.72. The molecule has 0 radical (unpaired) electrons. The number of amides is 1. The lowest BCUT2D eigenvalue weighted by atomic mass is 10.1. The Morgan fingerprint density at radius 3 is 2.52 bits per heavy atom. The Kier molecular flexibility index (Phi) is 4.77. The molecule has 0 bridgehead atoms. The molecule has 0 saturated carbocycles. The van der Waals surface area contributed by atoms with Gasteiger partial charge in [0.1, 0.15) is 6.04 Å². The summed E-state index contributed by atoms with van der Waals surface area (Å²) in [5.41, 5.74) is 0.882. The second kappa shape index (κ2) is 6.74. The van der Waals surface area contributed by atoms with Gasteiger partial charge in [-0.15, -0.1) is 0 Å². The van der Waals surface area contributed by atoms with E-state index in [0.717, 1.165) is 16.5 Å². The molecule has 1 amide bonds. The van der Waals surface area contributed by atoms with Crippen molar-refractivity contribution in [3.8, 4) is 0 Å². The Balaban J connectivity index is 2.07. The SMILES string of the molecule is COC(=O)C(CNc1ccc2ccccc2c1)NC(C)=O. The Morgan fingerprint density at radius 2 is 1.86 bits per heavy atom. The zero-order chi connectivity index (χ0) is 15.2. The van der Waals surface area contributed by atoms with Crippen LogP contribution < -0.4 is 10.6 Å². The molecule has 2 N–H and O–H groups in total. The van der Waals surface area contributed by atoms with E-state index in [9.17, 15) is 9.59 Å². The number of anilines is 1. The van der Waals surface area contributed by atoms with Crippen LogP contribution in [0.25, 0.3) is 10.8 Å². The maximum absolute atomic E-state index is 11.6. The average molecular weight is 286 g/mol. The predicted molar refractivity (Wildman–Crippen MR) is 82.1 cm³/mol. The summed E-state index contributed by atoms with van der Waals surface area (Å²) in [6, 6.07) is 13.2. The van der Waals surface area contributed by atoms with Crippen molar-refractivity contribution in [2.24, 2.45) is 0 Å². The van der Waals surface area contributed by atoms with Gasteiger partial charge in [-0.3, -0.25) is 4.79 Å². The molecule has 0 fully saturated rings. The molecule has 1 atom stereocenters. The minimum absolute atomic E-state index is 0.268. The van der Waals surface area contributed by atoms with E-state index in [1.807, 2.05) is 42.5 Å². The van der Waals surface area contributed by atoms with Crippen molar-refractivity contribution in [3.05, 3.63) is 42.5 Å². The van der Waals surface area contributed by atoms with Crippen LogP contribution in [0.4, 0.5) is 5.69 Å². The van der Waals surface area contributed by atoms with Gasteiger partial charge in [0.15, 0.2) is 0 Å². The van der Waals surface area contributed by atoms with Gasteiger partial charge in [0.2, 0.25) is 5.91 Å². The van der Waals surface area contributed by atoms with Gasteiger partial charge in [-0.1, -0.05) is 30.3 Å². The van der Waals surface area contributed by atoms with Gasteiger partial charge in [-0.2, -0.15) is 0 Å². The average Bonchev–Trinajstić information content (AvgIpc) is 2.50. The third-order valence-electron chi connectivity index (χ3n) is 3.12. The third-order valence-corrected chi connectivity index (χ3v) is 3.12. The standard InChI is InChI=1S/C16H18N2O3/c1-11(19)18-15(16(20)21-2)10-17-14-8-7-12-5-3-4-6-13(12)9-14/h3-9,15,17H,10H2,1-2H3,(H,18,19). The smallest absolute Gasteiger partial charge is 0.330 e. The van der Waals surface area contributed by atoms with Crippen LogP contribution in [0, 0.1) is 0 Å². The number of nitrogens with one attached hydrogen (secondary N) is 2. The van der Waals surface area contributed by atoms with E-state index in [0.29, 0.717) is 0 Å². The number of hydrogen-bond acceptors (Lipinski definition) is 4. The van der Waals surface area contributed by atoms with Gasteiger partial charge in [0, 0.05) is 19.2 Å². The maximum atomic E-state index is 11.6. The summed E-state index contributed by atoms with van der Waals surface area (Å²) in [7, 11) is 1.30. The predicted octanol–water partition coefficient (Wildman–Crippen LogP) is 1.93. The van der Waals surface area contributed by atoms with Gasteiger partial charge in [0.05, 0.1) is 7.11 Å². The van der Waals surface area contributed by atoms with Crippen molar-refractivity contribution in [2.75, 3.05) is 19.0 Å². The highest BCUT2D eigenvalue weighted by Gasteiger charge is 2.19. The number of methoxy groups -OCH3 is 1. The molecule has 5 heteroatoms. The quantitative estimate of drug-likeness (QED) is 0.824. The molecule has 0 saturated heterocycles. The molecule has 0 aromatic heterocycles. The molecule has 110 valence electrons. The molecular formula is C16H18N2O3. The van der Waals surface area contributed by atoms with E-state index in [1.165, 1.54) is 14.0 Å². The van der Waals surface area contributed by atoms with Crippen LogP contribution in [0.3, 0.4) is 0 Å². The first kappa shape index (κ1) is 14.8. The Bertz CT molecular complexity index is 655. The molecule has 0 aliphatic rings. The minimum Gasteiger partial charge on any atom is -0.467 e. The molecule has 5 nitrogen and oxygen atoms in total. The van der Waals surface area contributed by atoms with Crippen molar-refractivity contribution in [1.29, 1.82) is 0 Å². The normalized spacial score (nSPS) is 11.7.